The molecule has 0 saturated heterocycles. The molecule has 0 bridgehead atoms. The zero-order valence-electron chi connectivity index (χ0n) is 27.8. The SMILES string of the molecule is CCCc1cc(Oc2[c-]c3c(cc2)c2ccccc2n3-c2cc(OC)ccn2)[c-]c(-n2nc(C)c(C3C(C)=CCC[C@@H]3C)c2C)c1.[Pt+2]. The molecule has 0 N–H and O–H groups in total. The van der Waals surface area contributed by atoms with E-state index in [4.69, 9.17) is 14.6 Å². The number of aromatic nitrogens is 4. The number of rotatable bonds is 8. The van der Waals surface area contributed by atoms with Gasteiger partial charge in [-0.05, 0) is 62.7 Å². The van der Waals surface area contributed by atoms with Crippen LogP contribution in [0.3, 0.4) is 0 Å². The summed E-state index contributed by atoms with van der Waals surface area (Å²) in [7, 11) is 1.67. The first-order valence-electron chi connectivity index (χ1n) is 16.3. The number of para-hydroxylation sites is 1. The van der Waals surface area contributed by atoms with Crippen molar-refractivity contribution < 1.29 is 30.5 Å². The van der Waals surface area contributed by atoms with Crippen LogP contribution in [0.2, 0.25) is 0 Å². The molecule has 6 aromatic rings. The van der Waals surface area contributed by atoms with E-state index < -0.39 is 0 Å². The van der Waals surface area contributed by atoms with Gasteiger partial charge in [-0.25, -0.2) is 4.98 Å². The van der Waals surface area contributed by atoms with E-state index in [1.807, 2.05) is 24.3 Å². The first-order valence-corrected chi connectivity index (χ1v) is 16.3. The molecular formula is C40H40N4O2Pt. The van der Waals surface area contributed by atoms with E-state index in [0.29, 0.717) is 23.3 Å². The Balaban J connectivity index is 0.00000386. The Morgan fingerprint density at radius 3 is 2.57 bits per heavy atom. The zero-order valence-corrected chi connectivity index (χ0v) is 30.1. The van der Waals surface area contributed by atoms with Crippen LogP contribution in [0, 0.1) is 31.9 Å². The minimum Gasteiger partial charge on any atom is -0.509 e. The maximum Gasteiger partial charge on any atom is 2.00 e. The maximum atomic E-state index is 6.57. The fourth-order valence-corrected chi connectivity index (χ4v) is 7.29. The van der Waals surface area contributed by atoms with Gasteiger partial charge in [0.15, 0.2) is 0 Å². The summed E-state index contributed by atoms with van der Waals surface area (Å²) in [6, 6.07) is 27.6. The molecule has 1 aliphatic carbocycles. The number of benzene rings is 3. The molecular weight excluding hydrogens is 764 g/mol. The minimum atomic E-state index is 0. The molecule has 1 unspecified atom stereocenters. The molecule has 242 valence electrons. The molecule has 0 fully saturated rings. The smallest absolute Gasteiger partial charge is 0.509 e. The number of methoxy groups -OCH3 is 1. The number of hydrogen-bond acceptors (Lipinski definition) is 4. The van der Waals surface area contributed by atoms with Crippen molar-refractivity contribution in [3.63, 3.8) is 0 Å². The van der Waals surface area contributed by atoms with Crippen LogP contribution in [0.4, 0.5) is 0 Å². The van der Waals surface area contributed by atoms with E-state index in [1.54, 1.807) is 13.3 Å². The van der Waals surface area contributed by atoms with Crippen molar-refractivity contribution in [3.05, 3.63) is 113 Å². The summed E-state index contributed by atoms with van der Waals surface area (Å²) in [5, 5.41) is 7.28. The van der Waals surface area contributed by atoms with E-state index >= 15 is 0 Å². The summed E-state index contributed by atoms with van der Waals surface area (Å²) in [6.07, 6.45) is 8.49. The normalized spacial score (nSPS) is 16.3. The molecule has 47 heavy (non-hydrogen) atoms. The van der Waals surface area contributed by atoms with E-state index in [0.717, 1.165) is 64.0 Å². The number of nitrogens with zero attached hydrogens (tertiary/aromatic N) is 4. The average molecular weight is 804 g/mol. The van der Waals surface area contributed by atoms with Crippen LogP contribution in [0.1, 0.15) is 68.5 Å². The second kappa shape index (κ2) is 13.5. The topological polar surface area (TPSA) is 54.1 Å². The molecule has 3 aromatic carbocycles. The Kier molecular flexibility index (Phi) is 9.43. The third-order valence-corrected chi connectivity index (χ3v) is 9.42. The van der Waals surface area contributed by atoms with Crippen LogP contribution >= 0.6 is 0 Å². The van der Waals surface area contributed by atoms with Gasteiger partial charge in [-0.2, -0.15) is 16.7 Å². The predicted molar refractivity (Wildman–Crippen MR) is 185 cm³/mol. The van der Waals surface area contributed by atoms with Crippen molar-refractivity contribution in [2.24, 2.45) is 5.92 Å². The van der Waals surface area contributed by atoms with Gasteiger partial charge in [-0.15, -0.1) is 35.7 Å². The van der Waals surface area contributed by atoms with Gasteiger partial charge in [0.2, 0.25) is 0 Å². The van der Waals surface area contributed by atoms with Crippen LogP contribution in [0.5, 0.6) is 17.2 Å². The van der Waals surface area contributed by atoms with E-state index in [9.17, 15) is 0 Å². The van der Waals surface area contributed by atoms with Gasteiger partial charge in [0.1, 0.15) is 11.6 Å². The summed E-state index contributed by atoms with van der Waals surface area (Å²) in [5.74, 6) is 3.74. The summed E-state index contributed by atoms with van der Waals surface area (Å²) in [6.45, 7) is 11.2. The standard InChI is InChI=1S/C40H40N4O2.Pt/c1-7-11-29-20-30(44-28(5)40(27(4)42-44)39-25(2)12-10-13-26(39)3)22-33(21-29)46-32-16-17-35-34-14-8-9-15-36(34)43(37(35)23-32)38-24-31(45-6)18-19-41-38;/h8-9,12,14-21,24,26,39H,7,10-11,13H2,1-6H3;/q-2;+2/t26-,39?;/m0./s1. The first kappa shape index (κ1) is 32.8. The van der Waals surface area contributed by atoms with Crippen LogP contribution < -0.4 is 9.47 Å². The van der Waals surface area contributed by atoms with Crippen molar-refractivity contribution in [1.29, 1.82) is 0 Å². The minimum absolute atomic E-state index is 0. The summed E-state index contributed by atoms with van der Waals surface area (Å²) >= 11 is 0. The Bertz CT molecular complexity index is 2110. The Hall–Kier alpha value is -4.15. The number of aryl methyl sites for hydroxylation is 2. The second-order valence-corrected chi connectivity index (χ2v) is 12.6. The van der Waals surface area contributed by atoms with E-state index in [2.05, 4.69) is 103 Å². The van der Waals surface area contributed by atoms with Gasteiger partial charge in [0, 0.05) is 46.5 Å². The molecule has 3 aromatic heterocycles. The van der Waals surface area contributed by atoms with Crippen molar-refractivity contribution in [2.75, 3.05) is 7.11 Å². The van der Waals surface area contributed by atoms with Crippen LogP contribution in [0.15, 0.2) is 78.5 Å². The molecule has 7 heteroatoms. The second-order valence-electron chi connectivity index (χ2n) is 12.6. The Labute approximate surface area is 291 Å². The van der Waals surface area contributed by atoms with Gasteiger partial charge in [0.05, 0.1) is 12.8 Å². The van der Waals surface area contributed by atoms with Gasteiger partial charge >= 0.3 is 21.1 Å². The summed E-state index contributed by atoms with van der Waals surface area (Å²) in [4.78, 5) is 4.68. The molecule has 0 saturated carbocycles. The van der Waals surface area contributed by atoms with Crippen molar-refractivity contribution in [3.8, 4) is 28.8 Å². The van der Waals surface area contributed by atoms with Gasteiger partial charge in [0.25, 0.3) is 0 Å². The average Bonchev–Trinajstić information content (AvgIpc) is 3.54. The van der Waals surface area contributed by atoms with E-state index in [1.165, 1.54) is 28.8 Å². The molecule has 6 nitrogen and oxygen atoms in total. The fraction of sp³-hybridized carbons (Fsp3) is 0.300. The zero-order chi connectivity index (χ0) is 31.9. The quantitative estimate of drug-likeness (QED) is 0.114. The molecule has 0 aliphatic heterocycles. The third-order valence-electron chi connectivity index (χ3n) is 9.42. The Morgan fingerprint density at radius 1 is 0.957 bits per heavy atom. The van der Waals surface area contributed by atoms with Crippen LogP contribution in [-0.4, -0.2) is 26.4 Å². The number of pyridine rings is 1. The van der Waals surface area contributed by atoms with Gasteiger partial charge in [-0.1, -0.05) is 62.1 Å². The van der Waals surface area contributed by atoms with Crippen molar-refractivity contribution in [1.82, 2.24) is 19.3 Å². The molecule has 1 aliphatic rings. The third kappa shape index (κ3) is 6.04. The predicted octanol–water partition coefficient (Wildman–Crippen LogP) is 9.79. The van der Waals surface area contributed by atoms with Crippen molar-refractivity contribution >= 4 is 21.8 Å². The number of allylic oxidation sites excluding steroid dienone is 2. The largest absolute Gasteiger partial charge is 2.00 e. The van der Waals surface area contributed by atoms with Gasteiger partial charge < -0.3 is 14.0 Å². The Morgan fingerprint density at radius 2 is 1.79 bits per heavy atom. The van der Waals surface area contributed by atoms with Crippen LogP contribution in [-0.2, 0) is 27.5 Å². The summed E-state index contributed by atoms with van der Waals surface area (Å²) < 4.78 is 16.3. The van der Waals surface area contributed by atoms with Gasteiger partial charge in [-0.3, -0.25) is 4.68 Å². The molecule has 7 rings (SSSR count). The molecule has 0 spiro atoms. The fourth-order valence-electron chi connectivity index (χ4n) is 7.29. The van der Waals surface area contributed by atoms with Crippen molar-refractivity contribution in [2.45, 2.75) is 66.2 Å². The summed E-state index contributed by atoms with van der Waals surface area (Å²) in [5.41, 5.74) is 9.06. The molecule has 0 radical (unpaired) electrons. The number of fused-ring (bicyclic) bond motifs is 3. The van der Waals surface area contributed by atoms with E-state index in [-0.39, 0.29) is 21.1 Å². The monoisotopic (exact) mass is 803 g/mol. The first-order chi connectivity index (χ1) is 22.4. The van der Waals surface area contributed by atoms with Crippen LogP contribution in [0.25, 0.3) is 33.3 Å². The molecule has 2 atom stereocenters. The molecule has 3 heterocycles. The number of hydrogen-bond donors (Lipinski definition) is 0. The number of ether oxygens (including phenoxy) is 2. The molecule has 0 amide bonds. The maximum absolute atomic E-state index is 6.57.